The summed E-state index contributed by atoms with van der Waals surface area (Å²) in [6.45, 7) is -7.65. The number of aliphatic hydroxyl groups excluding tert-OH is 23. The maximum atomic E-state index is 11.9. The summed E-state index contributed by atoms with van der Waals surface area (Å²) in [4.78, 5) is 11.9. The summed E-state index contributed by atoms with van der Waals surface area (Å²) in [7, 11) is 0. The van der Waals surface area contributed by atoms with Gasteiger partial charge in [-0.1, -0.05) is 12.1 Å². The first-order valence-corrected chi connectivity index (χ1v) is 32.2. The van der Waals surface area contributed by atoms with Gasteiger partial charge in [0.25, 0.3) is 0 Å². The van der Waals surface area contributed by atoms with Gasteiger partial charge < -0.3 is 203 Å². The standard InChI is InChI=1S/C56H86O41S.Na/c57-6-16-41-25(66)33(74)49(82-16)91-42-17(7-58)84-51(35(76)27(42)68)93-44-19(9-60)86-53(37(78)29(44)70)95-46-21(11-62)88-55(39(80)31(46)72)97-48-23(13-98-15-3-1-2-14(4-15)5-24(64)65)89-56(40(81)32(48)73)96-47-22(12-63)87-54(38(79)30(47)71)94-45-20(10-61)85-52(36(77)28(45)69)92-43-18(8-59)83-50(90-41)34(75)26(43)67;/h1-4,16-23,25-63,66-81H,5-13H2,(H,64,65);/q;+1/p-1/t16?,17?,18?,19?,20?,21?,22?,23?,25?,26?,27?,28?,29?,30?,31?,32?,33?,34?,35?,36?,37?,38?,39?,40?,41-,42-,43-,44-,45-,46-,47-,48-,49-,50-,51-,52-,53-,54-,55-,56-;/m1./s1. The molecule has 0 radical (unpaired) electrons. The number of rotatable bonds is 12. The van der Waals surface area contributed by atoms with E-state index in [0.29, 0.717) is 10.5 Å². The number of aliphatic carboxylic acids is 1. The molecule has 30 aliphatic heterocycles. The van der Waals surface area contributed by atoms with Crippen LogP contribution in [0, 0.1) is 0 Å². The van der Waals surface area contributed by atoms with Gasteiger partial charge in [0.15, 0.2) is 50.3 Å². The summed E-state index contributed by atoms with van der Waals surface area (Å²) >= 11 is 0.947. The van der Waals surface area contributed by atoms with Crippen LogP contribution in [0.15, 0.2) is 29.2 Å². The van der Waals surface area contributed by atoms with E-state index in [4.69, 9.17) is 75.8 Å². The number of hydrogen-bond acceptors (Lipinski definition) is 42. The Morgan fingerprint density at radius 1 is 0.303 bits per heavy atom. The number of carbonyl (C=O) groups is 1. The maximum absolute atomic E-state index is 11.9. The van der Waals surface area contributed by atoms with Crippen LogP contribution in [-0.4, -0.2) is 421 Å². The third-order valence-electron chi connectivity index (χ3n) is 18.4. The van der Waals surface area contributed by atoms with Crippen LogP contribution in [0.5, 0.6) is 0 Å². The van der Waals surface area contributed by atoms with Crippen LogP contribution in [0.25, 0.3) is 0 Å². The van der Waals surface area contributed by atoms with Gasteiger partial charge >= 0.3 is 29.6 Å². The number of carbonyl (C=O) groups excluding carboxylic acids is 1. The van der Waals surface area contributed by atoms with E-state index in [1.807, 2.05) is 0 Å². The van der Waals surface area contributed by atoms with Crippen molar-refractivity contribution < 1.29 is 233 Å². The fraction of sp³-hybridized carbons (Fsp3) is 0.875. The Morgan fingerprint density at radius 3 is 0.687 bits per heavy atom. The first kappa shape index (κ1) is 81.6. The van der Waals surface area contributed by atoms with E-state index < -0.39 is 304 Å². The molecule has 31 rings (SSSR count). The van der Waals surface area contributed by atoms with Crippen molar-refractivity contribution in [2.75, 3.05) is 52.0 Å². The van der Waals surface area contributed by atoms with Crippen molar-refractivity contribution in [3.8, 4) is 0 Å². The normalized spacial score (nSPS) is 50.3. The van der Waals surface area contributed by atoms with E-state index >= 15 is 0 Å². The minimum atomic E-state index is -2.28. The van der Waals surface area contributed by atoms with Crippen molar-refractivity contribution in [1.29, 1.82) is 0 Å². The van der Waals surface area contributed by atoms with Gasteiger partial charge in [-0.2, -0.15) is 0 Å². The fourth-order valence-electron chi connectivity index (χ4n) is 13.0. The first-order chi connectivity index (χ1) is 46.7. The molecule has 562 valence electrons. The smallest absolute Gasteiger partial charge is 0.550 e. The van der Waals surface area contributed by atoms with Crippen LogP contribution in [0.4, 0.5) is 0 Å². The number of thioether (sulfide) groups is 1. The number of carboxylic acids is 1. The second-order valence-electron chi connectivity index (χ2n) is 24.8. The van der Waals surface area contributed by atoms with E-state index in [0.717, 1.165) is 11.8 Å². The Morgan fingerprint density at radius 2 is 0.495 bits per heavy atom. The SMILES string of the molecule is O=C([O-])Cc1cccc(SCC2O[C@@H]3O[C@@H]4C(CO)O[C@H](O[C@@H]5C(CO)O[C@H](O[C@@H]6C(CO)O[C@H](O[C@@H]7C(CO)O[C@H](O[C@@H]8C(CO)O[C@H](O[C@@H]9C(CO)O[C@H](O[C@@H]%10C(CO)O[C@H](O[C@H]2C(O)C3O)C(O)C%10O)C(O)C9O)C(O)C8O)C(O)C7O)C(O)C6O)C(O)C5O)C(O)C4O)c1.[Na+]. The molecule has 41 nitrogen and oxygen atoms in total. The predicted molar refractivity (Wildman–Crippen MR) is 300 cm³/mol. The molecule has 99 heavy (non-hydrogen) atoms. The Balaban J connectivity index is 0.0000114. The molecule has 0 saturated carbocycles. The average Bonchev–Trinajstić information content (AvgIpc) is 0.779. The van der Waals surface area contributed by atoms with Crippen molar-refractivity contribution in [1.82, 2.24) is 0 Å². The monoisotopic (exact) mass is 1470 g/mol. The maximum Gasteiger partial charge on any atom is 1.00 e. The molecule has 30 saturated heterocycles. The molecule has 40 atom stereocenters. The summed E-state index contributed by atoms with van der Waals surface area (Å²) in [6, 6.07) is 6.01. The predicted octanol–water partition coefficient (Wildman–Crippen LogP) is -19.3. The van der Waals surface area contributed by atoms with Crippen LogP contribution in [0.1, 0.15) is 5.56 Å². The van der Waals surface area contributed by atoms with Gasteiger partial charge in [0, 0.05) is 23.0 Å². The quantitative estimate of drug-likeness (QED) is 0.0682. The second kappa shape index (κ2) is 35.5. The molecule has 1 aromatic rings. The van der Waals surface area contributed by atoms with Gasteiger partial charge in [-0.05, 0) is 17.7 Å². The first-order valence-electron chi connectivity index (χ1n) is 31.2. The van der Waals surface area contributed by atoms with E-state index in [2.05, 4.69) is 0 Å². The molecule has 43 heteroatoms. The van der Waals surface area contributed by atoms with Gasteiger partial charge in [-0.3, -0.25) is 0 Å². The summed E-state index contributed by atoms with van der Waals surface area (Å²) in [6.07, 6.45) is -82.9. The topological polar surface area (TPSA) is 653 Å². The van der Waals surface area contributed by atoms with Crippen LogP contribution >= 0.6 is 11.8 Å². The zero-order valence-electron chi connectivity index (χ0n) is 52.3. The van der Waals surface area contributed by atoms with E-state index in [9.17, 15) is 127 Å². The Kier molecular flexibility index (Phi) is 29.2. The van der Waals surface area contributed by atoms with E-state index in [1.165, 1.54) is 18.2 Å². The van der Waals surface area contributed by atoms with Crippen molar-refractivity contribution in [2.45, 2.75) is 257 Å². The third-order valence-corrected chi connectivity index (χ3v) is 19.5. The minimum Gasteiger partial charge on any atom is -0.550 e. The Labute approximate surface area is 586 Å². The molecule has 24 unspecified atom stereocenters. The van der Waals surface area contributed by atoms with Gasteiger partial charge in [0.2, 0.25) is 0 Å². The number of carboxylic acid groups (broad SMARTS) is 1. The van der Waals surface area contributed by atoms with Crippen LogP contribution < -0.4 is 34.7 Å². The van der Waals surface area contributed by atoms with Crippen molar-refractivity contribution in [2.24, 2.45) is 0 Å². The van der Waals surface area contributed by atoms with E-state index in [1.54, 1.807) is 6.07 Å². The molecule has 0 aromatic heterocycles. The third kappa shape index (κ3) is 17.2. The second-order valence-corrected chi connectivity index (χ2v) is 25.9. The fourth-order valence-corrected chi connectivity index (χ4v) is 14.0. The minimum absolute atomic E-state index is 0. The van der Waals surface area contributed by atoms with Gasteiger partial charge in [0.05, 0.1) is 52.4 Å². The largest absolute Gasteiger partial charge is 1.00 e. The number of ether oxygens (including phenoxy) is 16. The number of benzene rings is 1. The van der Waals surface area contributed by atoms with Gasteiger partial charge in [0.1, 0.15) is 189 Å². The average molecular weight is 1470 g/mol. The molecule has 16 bridgehead atoms. The molecule has 30 fully saturated rings. The number of aliphatic hydroxyl groups is 23. The molecule has 1 aromatic carbocycles. The van der Waals surface area contributed by atoms with Gasteiger partial charge in [-0.15, -0.1) is 11.8 Å². The molecule has 0 aliphatic carbocycles. The number of hydrogen-bond donors (Lipinski definition) is 23. The molecule has 23 N–H and O–H groups in total. The summed E-state index contributed by atoms with van der Waals surface area (Å²) in [5.74, 6) is -1.75. The van der Waals surface area contributed by atoms with Crippen LogP contribution in [-0.2, 0) is 87.0 Å². The molecule has 0 spiro atoms. The van der Waals surface area contributed by atoms with Crippen molar-refractivity contribution in [3.05, 3.63) is 29.8 Å². The molecular formula is C56H85NaO41S. The zero-order valence-corrected chi connectivity index (χ0v) is 55.1. The zero-order chi connectivity index (χ0) is 71.0. The Hall–Kier alpha value is -1.52. The summed E-state index contributed by atoms with van der Waals surface area (Å²) in [5, 5.41) is 270. The van der Waals surface area contributed by atoms with Crippen molar-refractivity contribution >= 4 is 17.7 Å². The molecular weight excluding hydrogens is 1380 g/mol. The van der Waals surface area contributed by atoms with Crippen LogP contribution in [0.3, 0.4) is 0 Å². The Bertz CT molecular complexity index is 2660. The van der Waals surface area contributed by atoms with E-state index in [-0.39, 0.29) is 35.3 Å². The van der Waals surface area contributed by atoms with Gasteiger partial charge in [-0.25, -0.2) is 0 Å². The molecule has 0 amide bonds. The summed E-state index contributed by atoms with van der Waals surface area (Å²) in [5.41, 5.74) is 0.290. The van der Waals surface area contributed by atoms with Crippen molar-refractivity contribution in [3.63, 3.8) is 0 Å². The molecule has 30 aliphatic rings. The summed E-state index contributed by atoms with van der Waals surface area (Å²) < 4.78 is 92.9. The van der Waals surface area contributed by atoms with Crippen LogP contribution in [0.2, 0.25) is 0 Å². The molecule has 30 heterocycles.